The molecule has 2 atom stereocenters. The van der Waals surface area contributed by atoms with Crippen LogP contribution < -0.4 is 4.74 Å². The molecule has 0 radical (unpaired) electrons. The number of amides is 1. The van der Waals surface area contributed by atoms with E-state index in [0.717, 1.165) is 30.2 Å². The molecule has 0 N–H and O–H groups in total. The number of pyridine rings is 1. The van der Waals surface area contributed by atoms with Gasteiger partial charge in [0.25, 0.3) is 5.91 Å². The highest BCUT2D eigenvalue weighted by molar-refractivity contribution is 6.00. The lowest BCUT2D eigenvalue weighted by Gasteiger charge is -2.38. The topological polar surface area (TPSA) is 68.2 Å². The van der Waals surface area contributed by atoms with Gasteiger partial charge >= 0.3 is 0 Å². The smallest absolute Gasteiger partial charge is 0.254 e. The third kappa shape index (κ3) is 4.87. The molecule has 160 valence electrons. The highest BCUT2D eigenvalue weighted by Crippen LogP contribution is 2.29. The van der Waals surface area contributed by atoms with Gasteiger partial charge in [-0.05, 0) is 38.8 Å². The van der Waals surface area contributed by atoms with Gasteiger partial charge in [-0.15, -0.1) is 0 Å². The van der Waals surface area contributed by atoms with Gasteiger partial charge in [0, 0.05) is 48.1 Å². The van der Waals surface area contributed by atoms with E-state index in [9.17, 15) is 9.18 Å². The van der Waals surface area contributed by atoms with Gasteiger partial charge in [-0.25, -0.2) is 9.37 Å². The molecule has 2 unspecified atom stereocenters. The van der Waals surface area contributed by atoms with Gasteiger partial charge in [0.2, 0.25) is 5.88 Å². The van der Waals surface area contributed by atoms with Crippen LogP contribution in [0.1, 0.15) is 35.7 Å². The fourth-order valence-electron chi connectivity index (χ4n) is 3.90. The molecular weight excluding hydrogens is 395 g/mol. The normalized spacial score (nSPS) is 18.6. The number of nitrogens with zero attached hydrogens (tertiary/aromatic N) is 4. The van der Waals surface area contributed by atoms with E-state index >= 15 is 0 Å². The molecule has 31 heavy (non-hydrogen) atoms. The summed E-state index contributed by atoms with van der Waals surface area (Å²) in [4.78, 5) is 28.0. The van der Waals surface area contributed by atoms with E-state index in [2.05, 4.69) is 21.9 Å². The number of ether oxygens (including phenoxy) is 1. The number of hydrogen-bond donors (Lipinski definition) is 0. The zero-order valence-electron chi connectivity index (χ0n) is 17.7. The highest BCUT2D eigenvalue weighted by atomic mass is 19.1. The number of carbonyl (C=O) groups excluding carboxylic acids is 1. The van der Waals surface area contributed by atoms with Crippen molar-refractivity contribution in [2.24, 2.45) is 5.92 Å². The predicted molar refractivity (Wildman–Crippen MR) is 115 cm³/mol. The number of likely N-dealkylation sites (tertiary alicyclic amines) is 1. The molecule has 3 aromatic rings. The van der Waals surface area contributed by atoms with Crippen molar-refractivity contribution in [3.63, 3.8) is 0 Å². The molecule has 0 aliphatic carbocycles. The van der Waals surface area contributed by atoms with Gasteiger partial charge in [0.15, 0.2) is 0 Å². The SMILES string of the molecule is Cc1ccc(-c2cnccn2)c(C(=O)N2CC(COc3ccc(F)cn3)CCC2C)c1. The van der Waals surface area contributed by atoms with E-state index in [1.165, 1.54) is 12.1 Å². The number of aryl methyl sites for hydroxylation is 1. The van der Waals surface area contributed by atoms with E-state index in [4.69, 9.17) is 4.74 Å². The van der Waals surface area contributed by atoms with Crippen LogP contribution in [0.3, 0.4) is 0 Å². The van der Waals surface area contributed by atoms with E-state index in [0.29, 0.717) is 30.3 Å². The molecule has 1 aliphatic heterocycles. The predicted octanol–water partition coefficient (Wildman–Crippen LogP) is 4.31. The summed E-state index contributed by atoms with van der Waals surface area (Å²) in [5, 5.41) is 0. The molecule has 2 aromatic heterocycles. The lowest BCUT2D eigenvalue weighted by atomic mass is 9.92. The van der Waals surface area contributed by atoms with Crippen LogP contribution in [0.25, 0.3) is 11.3 Å². The maximum atomic E-state index is 13.6. The molecule has 1 fully saturated rings. The summed E-state index contributed by atoms with van der Waals surface area (Å²) in [6.07, 6.45) is 7.91. The molecule has 4 rings (SSSR count). The minimum absolute atomic E-state index is 0.0125. The zero-order valence-corrected chi connectivity index (χ0v) is 17.7. The Morgan fingerprint density at radius 2 is 2.03 bits per heavy atom. The fraction of sp³-hybridized carbons (Fsp3) is 0.333. The van der Waals surface area contributed by atoms with Crippen molar-refractivity contribution in [1.29, 1.82) is 0 Å². The summed E-state index contributed by atoms with van der Waals surface area (Å²) in [7, 11) is 0. The van der Waals surface area contributed by atoms with Gasteiger partial charge in [0.05, 0.1) is 24.7 Å². The molecule has 0 spiro atoms. The Hall–Kier alpha value is -3.35. The van der Waals surface area contributed by atoms with Crippen molar-refractivity contribution in [2.75, 3.05) is 13.2 Å². The third-order valence-corrected chi connectivity index (χ3v) is 5.65. The van der Waals surface area contributed by atoms with E-state index in [1.54, 1.807) is 18.6 Å². The van der Waals surface area contributed by atoms with Gasteiger partial charge < -0.3 is 9.64 Å². The second-order valence-electron chi connectivity index (χ2n) is 8.02. The number of rotatable bonds is 5. The minimum atomic E-state index is -0.396. The van der Waals surface area contributed by atoms with Gasteiger partial charge in [0.1, 0.15) is 5.82 Å². The number of halogens is 1. The van der Waals surface area contributed by atoms with Crippen molar-refractivity contribution in [1.82, 2.24) is 19.9 Å². The third-order valence-electron chi connectivity index (χ3n) is 5.65. The number of aromatic nitrogens is 3. The van der Waals surface area contributed by atoms with E-state index in [-0.39, 0.29) is 17.9 Å². The van der Waals surface area contributed by atoms with Crippen LogP contribution in [0.15, 0.2) is 55.1 Å². The Labute approximate surface area is 181 Å². The van der Waals surface area contributed by atoms with Crippen molar-refractivity contribution >= 4 is 5.91 Å². The van der Waals surface area contributed by atoms with Gasteiger partial charge in [-0.2, -0.15) is 0 Å². The highest BCUT2D eigenvalue weighted by Gasteiger charge is 2.31. The molecule has 7 heteroatoms. The molecule has 1 saturated heterocycles. The lowest BCUT2D eigenvalue weighted by molar-refractivity contribution is 0.0503. The number of hydrogen-bond acceptors (Lipinski definition) is 5. The summed E-state index contributed by atoms with van der Waals surface area (Å²) in [5.41, 5.74) is 3.11. The lowest BCUT2D eigenvalue weighted by Crippen LogP contribution is -2.47. The monoisotopic (exact) mass is 420 g/mol. The largest absolute Gasteiger partial charge is 0.477 e. The first kappa shape index (κ1) is 20.9. The van der Waals surface area contributed by atoms with Crippen molar-refractivity contribution in [2.45, 2.75) is 32.7 Å². The quantitative estimate of drug-likeness (QED) is 0.615. The summed E-state index contributed by atoms with van der Waals surface area (Å²) < 4.78 is 18.8. The number of piperidine rings is 1. The minimum Gasteiger partial charge on any atom is -0.477 e. The van der Waals surface area contributed by atoms with Crippen molar-refractivity contribution in [3.8, 4) is 17.1 Å². The number of carbonyl (C=O) groups is 1. The Balaban J connectivity index is 1.52. The molecule has 6 nitrogen and oxygen atoms in total. The van der Waals surface area contributed by atoms with E-state index < -0.39 is 5.82 Å². The van der Waals surface area contributed by atoms with Crippen molar-refractivity contribution in [3.05, 3.63) is 72.1 Å². The Kier molecular flexibility index (Phi) is 6.21. The summed E-state index contributed by atoms with van der Waals surface area (Å²) >= 11 is 0. The van der Waals surface area contributed by atoms with Crippen molar-refractivity contribution < 1.29 is 13.9 Å². The van der Waals surface area contributed by atoms with Crippen LogP contribution in [0.5, 0.6) is 5.88 Å². The first-order valence-electron chi connectivity index (χ1n) is 10.4. The summed E-state index contributed by atoms with van der Waals surface area (Å²) in [5.74, 6) is 0.160. The van der Waals surface area contributed by atoms with Gasteiger partial charge in [-0.3, -0.25) is 14.8 Å². The fourth-order valence-corrected chi connectivity index (χ4v) is 3.90. The Bertz CT molecular complexity index is 1040. The second-order valence-corrected chi connectivity index (χ2v) is 8.02. The Morgan fingerprint density at radius 3 is 2.77 bits per heavy atom. The van der Waals surface area contributed by atoms with E-state index in [1.807, 2.05) is 30.0 Å². The van der Waals surface area contributed by atoms with Crippen LogP contribution >= 0.6 is 0 Å². The first-order chi connectivity index (χ1) is 15.0. The molecule has 1 amide bonds. The average molecular weight is 420 g/mol. The van der Waals surface area contributed by atoms with Crippen LogP contribution in [-0.2, 0) is 0 Å². The molecular formula is C24H25FN4O2. The first-order valence-corrected chi connectivity index (χ1v) is 10.4. The van der Waals surface area contributed by atoms with Crippen LogP contribution in [0, 0.1) is 18.7 Å². The van der Waals surface area contributed by atoms with Crippen LogP contribution in [-0.4, -0.2) is 45.0 Å². The molecule has 0 bridgehead atoms. The summed E-state index contributed by atoms with van der Waals surface area (Å²) in [6, 6.07) is 8.80. The molecule has 1 aliphatic rings. The molecule has 3 heterocycles. The molecule has 1 aromatic carbocycles. The van der Waals surface area contributed by atoms with Gasteiger partial charge in [-0.1, -0.05) is 17.7 Å². The second kappa shape index (κ2) is 9.20. The maximum Gasteiger partial charge on any atom is 0.254 e. The maximum absolute atomic E-state index is 13.6. The van der Waals surface area contributed by atoms with Crippen LogP contribution in [0.4, 0.5) is 4.39 Å². The zero-order chi connectivity index (χ0) is 21.8. The molecule has 0 saturated carbocycles. The standard InChI is InChI=1S/C24H25FN4O2/c1-16-3-7-20(22-13-26-9-10-27-22)21(11-16)24(30)29-14-18(5-4-17(29)2)15-31-23-8-6-19(25)12-28-23/h3,6-13,17-18H,4-5,14-15H2,1-2H3. The Morgan fingerprint density at radius 1 is 1.16 bits per heavy atom. The average Bonchev–Trinajstić information content (AvgIpc) is 2.79. The summed E-state index contributed by atoms with van der Waals surface area (Å²) in [6.45, 7) is 5.08. The van der Waals surface area contributed by atoms with Crippen LogP contribution in [0.2, 0.25) is 0 Å². The number of benzene rings is 1.